The van der Waals surface area contributed by atoms with Crippen LogP contribution in [-0.2, 0) is 22.1 Å². The number of aryl methyl sites for hydroxylation is 1. The minimum Gasteiger partial charge on any atom is -0.465 e. The van der Waals surface area contributed by atoms with Crippen LogP contribution in [0.4, 0.5) is 18.9 Å². The van der Waals surface area contributed by atoms with Gasteiger partial charge in [-0.05, 0) is 70.4 Å². The zero-order valence-electron chi connectivity index (χ0n) is 18.3. The highest BCUT2D eigenvalue weighted by molar-refractivity contribution is 6.09. The van der Waals surface area contributed by atoms with Gasteiger partial charge < -0.3 is 4.74 Å². The molecule has 3 nitrogen and oxygen atoms in total. The van der Waals surface area contributed by atoms with Crippen LogP contribution in [0.1, 0.15) is 45.2 Å². The van der Waals surface area contributed by atoms with Crippen molar-refractivity contribution < 1.29 is 22.7 Å². The first-order valence-electron chi connectivity index (χ1n) is 10.2. The number of aliphatic imine (C=N–C) groups is 1. The first-order chi connectivity index (χ1) is 14.6. The highest BCUT2D eigenvalue weighted by Gasteiger charge is 2.40. The molecule has 2 aromatic carbocycles. The van der Waals surface area contributed by atoms with Gasteiger partial charge >= 0.3 is 12.1 Å². The van der Waals surface area contributed by atoms with Crippen LogP contribution >= 0.6 is 0 Å². The largest absolute Gasteiger partial charge is 0.465 e. The Hall–Kier alpha value is -2.89. The average Bonchev–Trinajstić information content (AvgIpc) is 2.73. The van der Waals surface area contributed by atoms with Gasteiger partial charge in [0, 0.05) is 5.71 Å². The number of alkyl halides is 3. The number of ether oxygens (including phenoxy) is 1. The summed E-state index contributed by atoms with van der Waals surface area (Å²) in [5.74, 6) is -0.434. The molecule has 166 valence electrons. The summed E-state index contributed by atoms with van der Waals surface area (Å²) in [6.07, 6.45) is -0.852. The number of esters is 1. The first-order valence-corrected chi connectivity index (χ1v) is 10.2. The number of allylic oxidation sites excluding steroid dienone is 1. The molecule has 2 aromatic rings. The summed E-state index contributed by atoms with van der Waals surface area (Å²) in [5, 5.41) is 0. The Kier molecular flexibility index (Phi) is 8.20. The Morgan fingerprint density at radius 3 is 2.19 bits per heavy atom. The molecule has 0 aliphatic carbocycles. The third kappa shape index (κ3) is 6.29. The molecule has 1 unspecified atom stereocenters. The highest BCUT2D eigenvalue weighted by atomic mass is 19.4. The smallest absolute Gasteiger partial charge is 0.416 e. The number of rotatable bonds is 8. The summed E-state index contributed by atoms with van der Waals surface area (Å²) in [6, 6.07) is 14.6. The van der Waals surface area contributed by atoms with E-state index in [2.05, 4.69) is 4.99 Å². The van der Waals surface area contributed by atoms with E-state index in [1.165, 1.54) is 17.7 Å². The van der Waals surface area contributed by atoms with Gasteiger partial charge in [0.05, 0.1) is 17.9 Å². The molecule has 0 N–H and O–H groups in total. The maximum atomic E-state index is 12.9. The van der Waals surface area contributed by atoms with Crippen LogP contribution < -0.4 is 0 Å². The number of nitrogens with zero attached hydrogens (tertiary/aromatic N) is 1. The fourth-order valence-corrected chi connectivity index (χ4v) is 3.20. The lowest BCUT2D eigenvalue weighted by Gasteiger charge is -2.28. The number of halogens is 3. The van der Waals surface area contributed by atoms with Gasteiger partial charge in [-0.1, -0.05) is 42.0 Å². The summed E-state index contributed by atoms with van der Waals surface area (Å²) in [4.78, 5) is 17.3. The van der Waals surface area contributed by atoms with Gasteiger partial charge in [0.15, 0.2) is 0 Å². The molecule has 1 atom stereocenters. The van der Waals surface area contributed by atoms with E-state index < -0.39 is 23.1 Å². The Labute approximate surface area is 181 Å². The molecule has 0 aromatic heterocycles. The van der Waals surface area contributed by atoms with Crippen LogP contribution in [0.25, 0.3) is 0 Å². The fourth-order valence-electron chi connectivity index (χ4n) is 3.20. The van der Waals surface area contributed by atoms with Gasteiger partial charge in [-0.2, -0.15) is 13.2 Å². The van der Waals surface area contributed by atoms with Crippen molar-refractivity contribution in [3.05, 3.63) is 77.4 Å². The number of hydrogen-bond acceptors (Lipinski definition) is 3. The molecule has 0 radical (unpaired) electrons. The van der Waals surface area contributed by atoms with Gasteiger partial charge in [-0.25, -0.2) is 0 Å². The number of hydrogen-bond donors (Lipinski definition) is 0. The molecular weight excluding hydrogens is 403 g/mol. The van der Waals surface area contributed by atoms with Gasteiger partial charge in [-0.15, -0.1) is 0 Å². The second-order valence-electron chi connectivity index (χ2n) is 7.50. The third-order valence-corrected chi connectivity index (χ3v) is 5.41. The van der Waals surface area contributed by atoms with Crippen molar-refractivity contribution in [1.29, 1.82) is 0 Å². The normalized spacial score (nSPS) is 14.8. The minimum absolute atomic E-state index is 0.222. The summed E-state index contributed by atoms with van der Waals surface area (Å²) in [5.41, 5.74) is 0.927. The first kappa shape index (κ1) is 24.4. The van der Waals surface area contributed by atoms with E-state index in [1.54, 1.807) is 20.8 Å². The van der Waals surface area contributed by atoms with Crippen LogP contribution in [0.2, 0.25) is 0 Å². The fraction of sp³-hybridized carbons (Fsp3) is 0.360. The Morgan fingerprint density at radius 1 is 1.03 bits per heavy atom. The van der Waals surface area contributed by atoms with Crippen LogP contribution in [0.15, 0.2) is 71.2 Å². The van der Waals surface area contributed by atoms with Gasteiger partial charge in [-0.3, -0.25) is 9.79 Å². The van der Waals surface area contributed by atoms with Crippen molar-refractivity contribution in [2.24, 2.45) is 10.4 Å². The van der Waals surface area contributed by atoms with Crippen molar-refractivity contribution in [3.63, 3.8) is 0 Å². The average molecular weight is 431 g/mol. The molecule has 0 aliphatic heterocycles. The van der Waals surface area contributed by atoms with E-state index in [9.17, 15) is 18.0 Å². The van der Waals surface area contributed by atoms with Crippen molar-refractivity contribution >= 4 is 17.4 Å². The Balaban J connectivity index is 2.31. The van der Waals surface area contributed by atoms with Crippen LogP contribution in [0, 0.1) is 5.41 Å². The predicted molar refractivity (Wildman–Crippen MR) is 117 cm³/mol. The predicted octanol–water partition coefficient (Wildman–Crippen LogP) is 6.95. The number of carbonyl (C=O) groups excluding carboxylic acids is 1. The van der Waals surface area contributed by atoms with E-state index in [1.807, 2.05) is 43.3 Å². The van der Waals surface area contributed by atoms with Crippen molar-refractivity contribution in [3.8, 4) is 0 Å². The van der Waals surface area contributed by atoms with Gasteiger partial charge in [0.1, 0.15) is 5.41 Å². The Bertz CT molecular complexity index is 931. The summed E-state index contributed by atoms with van der Waals surface area (Å²) in [7, 11) is 0. The number of benzene rings is 2. The van der Waals surface area contributed by atoms with Crippen molar-refractivity contribution in [2.45, 2.75) is 46.7 Å². The molecule has 6 heteroatoms. The molecule has 0 saturated heterocycles. The van der Waals surface area contributed by atoms with Gasteiger partial charge in [0.25, 0.3) is 0 Å². The molecule has 0 aliphatic rings. The lowest BCUT2D eigenvalue weighted by atomic mass is 9.78. The van der Waals surface area contributed by atoms with E-state index >= 15 is 0 Å². The lowest BCUT2D eigenvalue weighted by molar-refractivity contribution is -0.148. The van der Waals surface area contributed by atoms with E-state index in [0.717, 1.165) is 30.5 Å². The molecule has 31 heavy (non-hydrogen) atoms. The molecular formula is C25H28F3NO2. The molecule has 2 rings (SSSR count). The summed E-state index contributed by atoms with van der Waals surface area (Å²) >= 11 is 0. The van der Waals surface area contributed by atoms with Crippen LogP contribution in [0.3, 0.4) is 0 Å². The van der Waals surface area contributed by atoms with Gasteiger partial charge in [0.2, 0.25) is 0 Å². The minimum atomic E-state index is -4.41. The molecule has 0 fully saturated rings. The van der Waals surface area contributed by atoms with E-state index in [4.69, 9.17) is 4.74 Å². The zero-order chi connectivity index (χ0) is 23.1. The van der Waals surface area contributed by atoms with E-state index in [-0.39, 0.29) is 6.61 Å². The van der Waals surface area contributed by atoms with E-state index in [0.29, 0.717) is 11.4 Å². The molecule has 0 spiro atoms. The number of carbonyl (C=O) groups is 1. The quantitative estimate of drug-likeness (QED) is 0.258. The lowest BCUT2D eigenvalue weighted by Crippen LogP contribution is -2.38. The SMILES string of the molecule is CCOC(=O)C(C)(C(C)=Nc1ccc(C(F)(F)F)cc1)/C(C)=C/CCc1ccccc1. The summed E-state index contributed by atoms with van der Waals surface area (Å²) < 4.78 is 43.7. The molecule has 0 saturated carbocycles. The van der Waals surface area contributed by atoms with Crippen molar-refractivity contribution in [1.82, 2.24) is 0 Å². The van der Waals surface area contributed by atoms with Crippen LogP contribution in [0.5, 0.6) is 0 Å². The summed E-state index contributed by atoms with van der Waals surface area (Å²) in [6.45, 7) is 7.24. The standard InChI is InChI=1S/C25H28F3NO2/c1-5-31-23(30)24(4,18(2)10-9-13-20-11-7-6-8-12-20)19(3)29-22-16-14-21(15-17-22)25(26,27)28/h6-8,10-12,14-17H,5,9,13H2,1-4H3/b18-10+,29-19?. The second kappa shape index (κ2) is 10.4. The topological polar surface area (TPSA) is 38.7 Å². The van der Waals surface area contributed by atoms with Crippen molar-refractivity contribution in [2.75, 3.05) is 6.61 Å². The maximum Gasteiger partial charge on any atom is 0.416 e. The third-order valence-electron chi connectivity index (χ3n) is 5.41. The Morgan fingerprint density at radius 2 is 1.65 bits per heavy atom. The maximum absolute atomic E-state index is 12.9. The highest BCUT2D eigenvalue weighted by Crippen LogP contribution is 2.34. The zero-order valence-corrected chi connectivity index (χ0v) is 18.3. The molecule has 0 heterocycles. The van der Waals surface area contributed by atoms with Crippen LogP contribution in [-0.4, -0.2) is 18.3 Å². The molecule has 0 bridgehead atoms. The molecule has 0 amide bonds. The monoisotopic (exact) mass is 431 g/mol. The second-order valence-corrected chi connectivity index (χ2v) is 7.50.